The van der Waals surface area contributed by atoms with E-state index in [2.05, 4.69) is 57.3 Å². The summed E-state index contributed by atoms with van der Waals surface area (Å²) in [6.45, 7) is 8.30. The molecule has 0 aliphatic carbocycles. The summed E-state index contributed by atoms with van der Waals surface area (Å²) in [7, 11) is 0. The number of hydrogen-bond acceptors (Lipinski definition) is 4. The van der Waals surface area contributed by atoms with E-state index in [9.17, 15) is 4.79 Å². The second kappa shape index (κ2) is 11.3. The summed E-state index contributed by atoms with van der Waals surface area (Å²) < 4.78 is 0. The number of aliphatic imine (C=N–C) groups is 1. The number of aromatic nitrogens is 1. The van der Waals surface area contributed by atoms with Crippen molar-refractivity contribution < 1.29 is 4.79 Å². The Morgan fingerprint density at radius 1 is 1.19 bits per heavy atom. The van der Waals surface area contributed by atoms with Crippen molar-refractivity contribution in [2.45, 2.75) is 39.7 Å². The number of hydrogen-bond donors (Lipinski definition) is 3. The van der Waals surface area contributed by atoms with E-state index in [1.54, 1.807) is 11.3 Å². The predicted octanol–water partition coefficient (Wildman–Crippen LogP) is 2.68. The first kappa shape index (κ1) is 20.9. The van der Waals surface area contributed by atoms with Gasteiger partial charge in [-0.05, 0) is 24.8 Å². The lowest BCUT2D eigenvalue weighted by molar-refractivity contribution is -0.119. The quantitative estimate of drug-likeness (QED) is 0.457. The Labute approximate surface area is 165 Å². The van der Waals surface area contributed by atoms with Crippen LogP contribution in [-0.2, 0) is 17.8 Å². The molecule has 3 N–H and O–H groups in total. The molecule has 0 fully saturated rings. The van der Waals surface area contributed by atoms with Crippen LogP contribution in [0.5, 0.6) is 0 Å². The van der Waals surface area contributed by atoms with Crippen LogP contribution >= 0.6 is 11.3 Å². The molecule has 0 aliphatic heterocycles. The van der Waals surface area contributed by atoms with Crippen LogP contribution in [0.15, 0.2) is 40.7 Å². The summed E-state index contributed by atoms with van der Waals surface area (Å²) in [6, 6.07) is 10.1. The fraction of sp³-hybridized carbons (Fsp3) is 0.450. The number of benzene rings is 1. The minimum atomic E-state index is -0.0838. The highest BCUT2D eigenvalue weighted by atomic mass is 32.1. The highest BCUT2D eigenvalue weighted by molar-refractivity contribution is 7.09. The van der Waals surface area contributed by atoms with Crippen LogP contribution in [0.1, 0.15) is 43.0 Å². The molecule has 2 rings (SSSR count). The zero-order chi connectivity index (χ0) is 19.5. The van der Waals surface area contributed by atoms with Crippen LogP contribution < -0.4 is 16.0 Å². The third-order valence-electron chi connectivity index (χ3n) is 3.87. The molecule has 0 unspecified atom stereocenters. The number of rotatable bonds is 9. The van der Waals surface area contributed by atoms with Gasteiger partial charge in [0.2, 0.25) is 5.91 Å². The Hall–Kier alpha value is -2.41. The number of nitrogens with one attached hydrogen (secondary N) is 3. The van der Waals surface area contributed by atoms with Gasteiger partial charge in [-0.2, -0.15) is 0 Å². The van der Waals surface area contributed by atoms with Crippen LogP contribution in [0.4, 0.5) is 0 Å². The standard InChI is InChI=1S/C20H29N5OS/c1-4-21-20(24-13-19-25-17(14-27-19)15(2)3)23-12-18(26)22-11-10-16-8-6-5-7-9-16/h5-9,14-15H,4,10-13H2,1-3H3,(H,22,26)(H2,21,23,24). The van der Waals surface area contributed by atoms with E-state index in [-0.39, 0.29) is 12.5 Å². The smallest absolute Gasteiger partial charge is 0.241 e. The van der Waals surface area contributed by atoms with Gasteiger partial charge in [-0.1, -0.05) is 44.2 Å². The average molecular weight is 388 g/mol. The third kappa shape index (κ3) is 7.78. The van der Waals surface area contributed by atoms with Crippen molar-refractivity contribution in [3.8, 4) is 0 Å². The van der Waals surface area contributed by atoms with Crippen molar-refractivity contribution in [3.05, 3.63) is 52.0 Å². The van der Waals surface area contributed by atoms with Crippen LogP contribution in [0.25, 0.3) is 0 Å². The number of guanidine groups is 1. The van der Waals surface area contributed by atoms with Gasteiger partial charge in [-0.3, -0.25) is 4.79 Å². The minimum absolute atomic E-state index is 0.0838. The molecule has 0 spiro atoms. The maximum atomic E-state index is 12.0. The first-order valence-electron chi connectivity index (χ1n) is 9.35. The Kier molecular flexibility index (Phi) is 8.77. The molecule has 2 aromatic rings. The zero-order valence-electron chi connectivity index (χ0n) is 16.3. The Balaban J connectivity index is 1.76. The molecule has 1 aromatic heterocycles. The van der Waals surface area contributed by atoms with Gasteiger partial charge in [-0.25, -0.2) is 9.98 Å². The van der Waals surface area contributed by atoms with Gasteiger partial charge in [0.25, 0.3) is 0 Å². The summed E-state index contributed by atoms with van der Waals surface area (Å²) in [4.78, 5) is 21.0. The maximum absolute atomic E-state index is 12.0. The molecule has 0 aliphatic rings. The van der Waals surface area contributed by atoms with E-state index < -0.39 is 0 Å². The molecule has 0 atom stereocenters. The van der Waals surface area contributed by atoms with Crippen molar-refractivity contribution >= 4 is 23.2 Å². The Morgan fingerprint density at radius 3 is 2.63 bits per heavy atom. The molecular weight excluding hydrogens is 358 g/mol. The van der Waals surface area contributed by atoms with Gasteiger partial charge in [0.15, 0.2) is 5.96 Å². The second-order valence-electron chi connectivity index (χ2n) is 6.46. The van der Waals surface area contributed by atoms with Crippen molar-refractivity contribution in [1.82, 2.24) is 20.9 Å². The summed E-state index contributed by atoms with van der Waals surface area (Å²) in [6.07, 6.45) is 0.816. The molecule has 0 bridgehead atoms. The van der Waals surface area contributed by atoms with E-state index in [0.717, 1.165) is 23.7 Å². The minimum Gasteiger partial charge on any atom is -0.357 e. The number of amides is 1. The van der Waals surface area contributed by atoms with Crippen molar-refractivity contribution in [2.24, 2.45) is 4.99 Å². The lowest BCUT2D eigenvalue weighted by Gasteiger charge is -2.10. The largest absolute Gasteiger partial charge is 0.357 e. The average Bonchev–Trinajstić information content (AvgIpc) is 3.14. The lowest BCUT2D eigenvalue weighted by Crippen LogP contribution is -2.38. The predicted molar refractivity (Wildman–Crippen MR) is 112 cm³/mol. The summed E-state index contributed by atoms with van der Waals surface area (Å²) in [5.41, 5.74) is 2.32. The molecule has 1 aromatic carbocycles. The zero-order valence-corrected chi connectivity index (χ0v) is 17.1. The van der Waals surface area contributed by atoms with E-state index in [4.69, 9.17) is 0 Å². The first-order valence-corrected chi connectivity index (χ1v) is 10.2. The molecule has 0 saturated heterocycles. The van der Waals surface area contributed by atoms with Gasteiger partial charge in [-0.15, -0.1) is 11.3 Å². The van der Waals surface area contributed by atoms with Crippen LogP contribution in [0.2, 0.25) is 0 Å². The highest BCUT2D eigenvalue weighted by Crippen LogP contribution is 2.17. The highest BCUT2D eigenvalue weighted by Gasteiger charge is 2.07. The number of thiazole rings is 1. The maximum Gasteiger partial charge on any atom is 0.241 e. The fourth-order valence-corrected chi connectivity index (χ4v) is 3.27. The fourth-order valence-electron chi connectivity index (χ4n) is 2.37. The monoisotopic (exact) mass is 387 g/mol. The molecule has 0 radical (unpaired) electrons. The van der Waals surface area contributed by atoms with Gasteiger partial charge < -0.3 is 16.0 Å². The van der Waals surface area contributed by atoms with Crippen LogP contribution in [0.3, 0.4) is 0 Å². The van der Waals surface area contributed by atoms with Gasteiger partial charge >= 0.3 is 0 Å². The molecule has 7 heteroatoms. The number of nitrogens with zero attached hydrogens (tertiary/aromatic N) is 2. The van der Waals surface area contributed by atoms with Gasteiger partial charge in [0.05, 0.1) is 12.2 Å². The summed E-state index contributed by atoms with van der Waals surface area (Å²) in [5.74, 6) is 0.966. The molecule has 27 heavy (non-hydrogen) atoms. The molecule has 146 valence electrons. The van der Waals surface area contributed by atoms with E-state index in [1.165, 1.54) is 5.56 Å². The summed E-state index contributed by atoms with van der Waals surface area (Å²) in [5, 5.41) is 12.4. The Bertz CT molecular complexity index is 727. The number of carbonyl (C=O) groups is 1. The normalized spacial score (nSPS) is 11.5. The topological polar surface area (TPSA) is 78.4 Å². The van der Waals surface area contributed by atoms with Crippen molar-refractivity contribution in [2.75, 3.05) is 19.6 Å². The van der Waals surface area contributed by atoms with Crippen molar-refractivity contribution in [3.63, 3.8) is 0 Å². The van der Waals surface area contributed by atoms with Gasteiger partial charge in [0, 0.05) is 18.5 Å². The molecule has 0 saturated carbocycles. The first-order chi connectivity index (χ1) is 13.1. The van der Waals surface area contributed by atoms with Crippen molar-refractivity contribution in [1.29, 1.82) is 0 Å². The Morgan fingerprint density at radius 2 is 1.96 bits per heavy atom. The molecule has 1 heterocycles. The molecule has 1 amide bonds. The second-order valence-corrected chi connectivity index (χ2v) is 7.40. The SMILES string of the molecule is CCNC(=NCC(=O)NCCc1ccccc1)NCc1nc(C(C)C)cs1. The molecule has 6 nitrogen and oxygen atoms in total. The van der Waals surface area contributed by atoms with E-state index in [1.807, 2.05) is 25.1 Å². The molecular formula is C20H29N5OS. The van der Waals surface area contributed by atoms with E-state index >= 15 is 0 Å². The third-order valence-corrected chi connectivity index (χ3v) is 4.74. The summed E-state index contributed by atoms with van der Waals surface area (Å²) >= 11 is 1.64. The number of carbonyl (C=O) groups excluding carboxylic acids is 1. The van der Waals surface area contributed by atoms with Crippen LogP contribution in [0, 0.1) is 0 Å². The lowest BCUT2D eigenvalue weighted by atomic mass is 10.1. The van der Waals surface area contributed by atoms with Gasteiger partial charge in [0.1, 0.15) is 11.6 Å². The van der Waals surface area contributed by atoms with E-state index in [0.29, 0.717) is 25.0 Å². The van der Waals surface area contributed by atoms with Crippen LogP contribution in [-0.4, -0.2) is 36.5 Å².